The molecular formula is C15H21ClN2O. The average molecular weight is 281 g/mol. The van der Waals surface area contributed by atoms with Crippen LogP contribution in [-0.4, -0.2) is 11.9 Å². The van der Waals surface area contributed by atoms with Gasteiger partial charge in [0.25, 0.3) is 5.91 Å². The van der Waals surface area contributed by atoms with E-state index in [-0.39, 0.29) is 11.9 Å². The lowest BCUT2D eigenvalue weighted by molar-refractivity contribution is 0.0920. The highest BCUT2D eigenvalue weighted by Crippen LogP contribution is 2.26. The molecule has 4 heteroatoms. The lowest BCUT2D eigenvalue weighted by Gasteiger charge is -2.28. The van der Waals surface area contributed by atoms with Crippen LogP contribution in [0.4, 0.5) is 5.69 Å². The van der Waals surface area contributed by atoms with Gasteiger partial charge in [0.2, 0.25) is 0 Å². The molecule has 0 unspecified atom stereocenters. The average Bonchev–Trinajstić information content (AvgIpc) is 2.39. The molecule has 1 aromatic rings. The van der Waals surface area contributed by atoms with E-state index in [1.165, 1.54) is 32.1 Å². The molecule has 1 aliphatic rings. The third kappa shape index (κ3) is 3.63. The number of nitrogens with two attached hydrogens (primary N) is 1. The van der Waals surface area contributed by atoms with Crippen LogP contribution in [0.5, 0.6) is 0 Å². The first-order valence-corrected chi connectivity index (χ1v) is 7.31. The van der Waals surface area contributed by atoms with E-state index < -0.39 is 0 Å². The topological polar surface area (TPSA) is 55.1 Å². The van der Waals surface area contributed by atoms with Gasteiger partial charge in [-0.25, -0.2) is 0 Å². The Kier molecular flexibility index (Phi) is 4.70. The summed E-state index contributed by atoms with van der Waals surface area (Å²) >= 11 is 5.84. The van der Waals surface area contributed by atoms with Crippen molar-refractivity contribution in [3.63, 3.8) is 0 Å². The molecule has 1 atom stereocenters. The lowest BCUT2D eigenvalue weighted by atomic mass is 9.84. The number of nitrogen functional groups attached to an aromatic ring is 1. The Hall–Kier alpha value is -1.22. The summed E-state index contributed by atoms with van der Waals surface area (Å²) in [6, 6.07) is 5.18. The van der Waals surface area contributed by atoms with E-state index in [0.717, 1.165) is 0 Å². The highest BCUT2D eigenvalue weighted by molar-refractivity contribution is 6.31. The number of rotatable bonds is 3. The van der Waals surface area contributed by atoms with Crippen molar-refractivity contribution in [2.75, 3.05) is 5.73 Å². The first-order valence-electron chi connectivity index (χ1n) is 6.94. The fraction of sp³-hybridized carbons (Fsp3) is 0.533. The summed E-state index contributed by atoms with van der Waals surface area (Å²) in [4.78, 5) is 12.2. The Labute approximate surface area is 119 Å². The molecule has 3 nitrogen and oxygen atoms in total. The zero-order valence-electron chi connectivity index (χ0n) is 11.3. The van der Waals surface area contributed by atoms with Gasteiger partial charge in [0.05, 0.1) is 5.56 Å². The molecule has 1 saturated carbocycles. The highest BCUT2D eigenvalue weighted by atomic mass is 35.5. The van der Waals surface area contributed by atoms with Crippen molar-refractivity contribution in [2.45, 2.75) is 45.1 Å². The SMILES string of the molecule is C[C@@H](NC(=O)c1ccc(Cl)cc1N)C1CCCCC1. The van der Waals surface area contributed by atoms with Crippen molar-refractivity contribution in [1.82, 2.24) is 5.32 Å². The summed E-state index contributed by atoms with van der Waals surface area (Å²) in [7, 11) is 0. The predicted octanol–water partition coefficient (Wildman–Crippen LogP) is 3.62. The second-order valence-electron chi connectivity index (χ2n) is 5.39. The Morgan fingerprint density at radius 1 is 1.37 bits per heavy atom. The Bertz CT molecular complexity index is 455. The highest BCUT2D eigenvalue weighted by Gasteiger charge is 2.22. The summed E-state index contributed by atoms with van der Waals surface area (Å²) in [6.45, 7) is 2.08. The van der Waals surface area contributed by atoms with Crippen molar-refractivity contribution in [2.24, 2.45) is 5.92 Å². The standard InChI is InChI=1S/C15H21ClN2O/c1-10(11-5-3-2-4-6-11)18-15(19)13-8-7-12(16)9-14(13)17/h7-11H,2-6,17H2,1H3,(H,18,19)/t10-/m1/s1. The summed E-state index contributed by atoms with van der Waals surface area (Å²) in [5.41, 5.74) is 6.77. The molecule has 0 radical (unpaired) electrons. The predicted molar refractivity (Wildman–Crippen MR) is 79.4 cm³/mol. The molecule has 0 bridgehead atoms. The number of carbonyl (C=O) groups excluding carboxylic acids is 1. The molecular weight excluding hydrogens is 260 g/mol. The number of hydrogen-bond acceptors (Lipinski definition) is 2. The number of amides is 1. The molecule has 1 amide bonds. The first-order chi connectivity index (χ1) is 9.08. The maximum atomic E-state index is 12.2. The number of benzene rings is 1. The summed E-state index contributed by atoms with van der Waals surface area (Å²) in [6.07, 6.45) is 6.28. The van der Waals surface area contributed by atoms with Gasteiger partial charge >= 0.3 is 0 Å². The molecule has 1 aliphatic carbocycles. The zero-order chi connectivity index (χ0) is 13.8. The zero-order valence-corrected chi connectivity index (χ0v) is 12.0. The van der Waals surface area contributed by atoms with Crippen LogP contribution in [0.25, 0.3) is 0 Å². The quantitative estimate of drug-likeness (QED) is 0.831. The van der Waals surface area contributed by atoms with E-state index >= 15 is 0 Å². The van der Waals surface area contributed by atoms with E-state index in [1.807, 2.05) is 0 Å². The van der Waals surface area contributed by atoms with Crippen LogP contribution >= 0.6 is 11.6 Å². The maximum Gasteiger partial charge on any atom is 0.253 e. The van der Waals surface area contributed by atoms with Crippen LogP contribution in [0.15, 0.2) is 18.2 Å². The molecule has 0 spiro atoms. The van der Waals surface area contributed by atoms with Crippen LogP contribution in [-0.2, 0) is 0 Å². The van der Waals surface area contributed by atoms with Gasteiger partial charge in [0.1, 0.15) is 0 Å². The molecule has 3 N–H and O–H groups in total. The van der Waals surface area contributed by atoms with Crippen LogP contribution in [0, 0.1) is 5.92 Å². The molecule has 1 fully saturated rings. The van der Waals surface area contributed by atoms with Gasteiger partial charge < -0.3 is 11.1 Å². The Morgan fingerprint density at radius 2 is 2.05 bits per heavy atom. The fourth-order valence-electron chi connectivity index (χ4n) is 2.78. The fourth-order valence-corrected chi connectivity index (χ4v) is 2.96. The largest absolute Gasteiger partial charge is 0.398 e. The van der Waals surface area contributed by atoms with E-state index in [1.54, 1.807) is 18.2 Å². The molecule has 19 heavy (non-hydrogen) atoms. The van der Waals surface area contributed by atoms with Gasteiger partial charge in [0, 0.05) is 16.8 Å². The van der Waals surface area contributed by atoms with E-state index in [2.05, 4.69) is 12.2 Å². The van der Waals surface area contributed by atoms with Crippen LogP contribution in [0.1, 0.15) is 49.4 Å². The van der Waals surface area contributed by atoms with Crippen molar-refractivity contribution >= 4 is 23.2 Å². The molecule has 2 rings (SSSR count). The van der Waals surface area contributed by atoms with Crippen LogP contribution in [0.3, 0.4) is 0 Å². The molecule has 104 valence electrons. The van der Waals surface area contributed by atoms with Crippen LogP contribution < -0.4 is 11.1 Å². The third-order valence-corrected chi connectivity index (χ3v) is 4.21. The normalized spacial score (nSPS) is 18.0. The van der Waals surface area contributed by atoms with Gasteiger partial charge in [-0.15, -0.1) is 0 Å². The van der Waals surface area contributed by atoms with Crippen molar-refractivity contribution in [3.05, 3.63) is 28.8 Å². The van der Waals surface area contributed by atoms with Gasteiger partial charge in [-0.1, -0.05) is 30.9 Å². The number of nitrogens with one attached hydrogen (secondary N) is 1. The lowest BCUT2D eigenvalue weighted by Crippen LogP contribution is -2.39. The minimum atomic E-state index is -0.104. The smallest absolute Gasteiger partial charge is 0.253 e. The second kappa shape index (κ2) is 6.29. The van der Waals surface area contributed by atoms with E-state index in [9.17, 15) is 4.79 Å². The van der Waals surface area contributed by atoms with Crippen molar-refractivity contribution in [1.29, 1.82) is 0 Å². The summed E-state index contributed by atoms with van der Waals surface area (Å²) < 4.78 is 0. The molecule has 0 aromatic heterocycles. The van der Waals surface area contributed by atoms with Crippen molar-refractivity contribution in [3.8, 4) is 0 Å². The summed E-state index contributed by atoms with van der Waals surface area (Å²) in [5, 5.41) is 3.61. The Balaban J connectivity index is 1.99. The van der Waals surface area contributed by atoms with Crippen molar-refractivity contribution < 1.29 is 4.79 Å². The minimum absolute atomic E-state index is 0.104. The minimum Gasteiger partial charge on any atom is -0.398 e. The van der Waals surface area contributed by atoms with Crippen LogP contribution in [0.2, 0.25) is 5.02 Å². The number of halogens is 1. The molecule has 0 aliphatic heterocycles. The van der Waals surface area contributed by atoms with Gasteiger partial charge in [-0.3, -0.25) is 4.79 Å². The number of hydrogen-bond donors (Lipinski definition) is 2. The van der Waals surface area contributed by atoms with Gasteiger partial charge in [0.15, 0.2) is 0 Å². The third-order valence-electron chi connectivity index (χ3n) is 3.97. The number of anilines is 1. The number of carbonyl (C=O) groups is 1. The molecule has 1 aromatic carbocycles. The second-order valence-corrected chi connectivity index (χ2v) is 5.83. The molecule has 0 heterocycles. The maximum absolute atomic E-state index is 12.2. The van der Waals surface area contributed by atoms with Gasteiger partial charge in [-0.2, -0.15) is 0 Å². The first kappa shape index (κ1) is 14.2. The van der Waals surface area contributed by atoms with E-state index in [4.69, 9.17) is 17.3 Å². The van der Waals surface area contributed by atoms with E-state index in [0.29, 0.717) is 22.2 Å². The summed E-state index contributed by atoms with van der Waals surface area (Å²) in [5.74, 6) is 0.485. The monoisotopic (exact) mass is 280 g/mol. The van der Waals surface area contributed by atoms with Gasteiger partial charge in [-0.05, 0) is 43.9 Å². The Morgan fingerprint density at radius 3 is 2.68 bits per heavy atom. The molecule has 0 saturated heterocycles.